The van der Waals surface area contributed by atoms with Crippen LogP contribution in [0.4, 0.5) is 4.79 Å². The van der Waals surface area contributed by atoms with Crippen molar-refractivity contribution in [3.63, 3.8) is 0 Å². The molecular weight excluding hydrogens is 326 g/mol. The number of amides is 3. The van der Waals surface area contributed by atoms with E-state index in [1.54, 1.807) is 0 Å². The lowest BCUT2D eigenvalue weighted by Gasteiger charge is -2.37. The number of imide groups is 1. The minimum Gasteiger partial charge on any atom is -0.323 e. The number of nitrogens with one attached hydrogen (secondary N) is 1. The molecule has 1 aliphatic heterocycles. The molecule has 2 atom stereocenters. The maximum atomic E-state index is 12.9. The summed E-state index contributed by atoms with van der Waals surface area (Å²) < 4.78 is 0. The molecule has 3 amide bonds. The summed E-state index contributed by atoms with van der Waals surface area (Å²) in [4.78, 5) is 28.6. The summed E-state index contributed by atoms with van der Waals surface area (Å²) in [5.74, 6) is 0.104. The van der Waals surface area contributed by atoms with Crippen LogP contribution in [0.15, 0.2) is 24.3 Å². The third kappa shape index (κ3) is 3.03. The van der Waals surface area contributed by atoms with Gasteiger partial charge in [0.2, 0.25) is 0 Å². The molecule has 1 aromatic rings. The second-order valence-corrected chi connectivity index (χ2v) is 7.44. The molecule has 1 spiro atoms. The summed E-state index contributed by atoms with van der Waals surface area (Å²) in [6.45, 7) is 2.91. The minimum absolute atomic E-state index is 0.0780. The number of hydrogen-bond acceptors (Lipinski definition) is 3. The molecule has 2 fully saturated rings. The van der Waals surface area contributed by atoms with E-state index in [1.165, 1.54) is 4.90 Å². The van der Waals surface area contributed by atoms with Gasteiger partial charge in [-0.25, -0.2) is 9.69 Å². The Labute approximate surface area is 147 Å². The van der Waals surface area contributed by atoms with E-state index in [4.69, 9.17) is 11.6 Å². The predicted molar refractivity (Wildman–Crippen MR) is 93.5 cm³/mol. The van der Waals surface area contributed by atoms with Gasteiger partial charge in [-0.15, -0.1) is 0 Å². The van der Waals surface area contributed by atoms with Gasteiger partial charge < -0.3 is 5.32 Å². The van der Waals surface area contributed by atoms with Crippen molar-refractivity contribution in [2.24, 2.45) is 5.92 Å². The molecule has 1 saturated heterocycles. The highest BCUT2D eigenvalue weighted by molar-refractivity contribution is 6.31. The van der Waals surface area contributed by atoms with Crippen molar-refractivity contribution in [2.75, 3.05) is 13.7 Å². The fourth-order valence-electron chi connectivity index (χ4n) is 3.83. The summed E-state index contributed by atoms with van der Waals surface area (Å²) in [5, 5.41) is 3.68. The fourth-order valence-corrected chi connectivity index (χ4v) is 4.03. The van der Waals surface area contributed by atoms with Gasteiger partial charge in [0, 0.05) is 11.6 Å². The maximum absolute atomic E-state index is 12.9. The molecule has 1 N–H and O–H groups in total. The van der Waals surface area contributed by atoms with Crippen LogP contribution in [-0.2, 0) is 11.3 Å². The van der Waals surface area contributed by atoms with E-state index < -0.39 is 5.54 Å². The van der Waals surface area contributed by atoms with Crippen LogP contribution >= 0.6 is 11.6 Å². The van der Waals surface area contributed by atoms with Gasteiger partial charge in [-0.3, -0.25) is 9.69 Å². The van der Waals surface area contributed by atoms with Crippen LogP contribution in [0.5, 0.6) is 0 Å². The molecule has 1 saturated carbocycles. The van der Waals surface area contributed by atoms with E-state index in [0.717, 1.165) is 31.2 Å². The van der Waals surface area contributed by atoms with E-state index >= 15 is 0 Å². The standard InChI is InChI=1S/C18H24ClN3O2/c1-13-7-5-6-10-18(13)16(23)22(17(24)20-18)12-21(2)11-14-8-3-4-9-15(14)19/h3-4,8-9,13H,5-7,10-12H2,1-2H3,(H,20,24)/t13-,18+/m0/s1. The molecule has 130 valence electrons. The molecule has 0 bridgehead atoms. The van der Waals surface area contributed by atoms with Crippen molar-refractivity contribution in [3.8, 4) is 0 Å². The van der Waals surface area contributed by atoms with Crippen LogP contribution in [0.25, 0.3) is 0 Å². The van der Waals surface area contributed by atoms with Crippen molar-refractivity contribution in [1.82, 2.24) is 15.1 Å². The van der Waals surface area contributed by atoms with Crippen molar-refractivity contribution < 1.29 is 9.59 Å². The summed E-state index contributed by atoms with van der Waals surface area (Å²) in [6.07, 6.45) is 3.83. The average Bonchev–Trinajstić information content (AvgIpc) is 2.78. The highest BCUT2D eigenvalue weighted by atomic mass is 35.5. The first-order chi connectivity index (χ1) is 11.4. The number of hydrogen-bond donors (Lipinski definition) is 1. The average molecular weight is 350 g/mol. The third-order valence-electron chi connectivity index (χ3n) is 5.28. The lowest BCUT2D eigenvalue weighted by molar-refractivity contribution is -0.135. The number of benzene rings is 1. The molecule has 0 aromatic heterocycles. The lowest BCUT2D eigenvalue weighted by Crippen LogP contribution is -2.54. The Morgan fingerprint density at radius 3 is 2.79 bits per heavy atom. The second kappa shape index (κ2) is 6.73. The van der Waals surface area contributed by atoms with Gasteiger partial charge in [0.1, 0.15) is 5.54 Å². The first kappa shape index (κ1) is 17.2. The SMILES string of the molecule is C[C@H]1CCCC[C@@]12NC(=O)N(CN(C)Cc1ccccc1Cl)C2=O. The number of urea groups is 1. The number of halogens is 1. The Bertz CT molecular complexity index is 651. The Balaban J connectivity index is 1.70. The second-order valence-electron chi connectivity index (χ2n) is 7.03. The molecule has 2 aliphatic rings. The molecule has 1 heterocycles. The van der Waals surface area contributed by atoms with Crippen LogP contribution in [0.2, 0.25) is 5.02 Å². The molecule has 0 radical (unpaired) electrons. The van der Waals surface area contributed by atoms with Gasteiger partial charge in [0.15, 0.2) is 0 Å². The third-order valence-corrected chi connectivity index (χ3v) is 5.65. The molecule has 0 unspecified atom stereocenters. The van der Waals surface area contributed by atoms with Crippen molar-refractivity contribution in [1.29, 1.82) is 0 Å². The zero-order valence-corrected chi connectivity index (χ0v) is 15.0. The highest BCUT2D eigenvalue weighted by Crippen LogP contribution is 2.38. The van der Waals surface area contributed by atoms with Crippen LogP contribution in [0, 0.1) is 5.92 Å². The number of rotatable bonds is 4. The molecule has 24 heavy (non-hydrogen) atoms. The van der Waals surface area contributed by atoms with Gasteiger partial charge in [-0.2, -0.15) is 0 Å². The summed E-state index contributed by atoms with van der Waals surface area (Å²) in [7, 11) is 1.89. The van der Waals surface area contributed by atoms with E-state index in [2.05, 4.69) is 12.2 Å². The van der Waals surface area contributed by atoms with Crippen LogP contribution in [0.3, 0.4) is 0 Å². The Kier molecular flexibility index (Phi) is 4.83. The molecule has 3 rings (SSSR count). The number of carbonyl (C=O) groups excluding carboxylic acids is 2. The van der Waals surface area contributed by atoms with E-state index in [9.17, 15) is 9.59 Å². The summed E-state index contributed by atoms with van der Waals surface area (Å²) in [5.41, 5.74) is 0.287. The smallest absolute Gasteiger partial charge is 0.323 e. The van der Waals surface area contributed by atoms with Gasteiger partial charge in [0.05, 0.1) is 6.67 Å². The van der Waals surface area contributed by atoms with Crippen molar-refractivity contribution in [3.05, 3.63) is 34.9 Å². The van der Waals surface area contributed by atoms with Crippen molar-refractivity contribution in [2.45, 2.75) is 44.7 Å². The Hall–Kier alpha value is -1.59. The van der Waals surface area contributed by atoms with Gasteiger partial charge >= 0.3 is 6.03 Å². The van der Waals surface area contributed by atoms with E-state index in [-0.39, 0.29) is 24.5 Å². The quantitative estimate of drug-likeness (QED) is 0.849. The lowest BCUT2D eigenvalue weighted by atomic mass is 9.73. The molecular formula is C18H24ClN3O2. The van der Waals surface area contributed by atoms with Crippen molar-refractivity contribution >= 4 is 23.5 Å². The molecule has 1 aliphatic carbocycles. The largest absolute Gasteiger partial charge is 0.326 e. The number of nitrogens with zero attached hydrogens (tertiary/aromatic N) is 2. The molecule has 5 nitrogen and oxygen atoms in total. The Morgan fingerprint density at radius 1 is 1.33 bits per heavy atom. The fraction of sp³-hybridized carbons (Fsp3) is 0.556. The Morgan fingerprint density at radius 2 is 2.08 bits per heavy atom. The maximum Gasteiger partial charge on any atom is 0.326 e. The van der Waals surface area contributed by atoms with E-state index in [1.807, 2.05) is 36.2 Å². The first-order valence-electron chi connectivity index (χ1n) is 8.50. The summed E-state index contributed by atoms with van der Waals surface area (Å²) >= 11 is 6.19. The monoisotopic (exact) mass is 349 g/mol. The molecule has 1 aromatic carbocycles. The normalized spacial score (nSPS) is 27.2. The van der Waals surface area contributed by atoms with Crippen LogP contribution < -0.4 is 5.32 Å². The topological polar surface area (TPSA) is 52.7 Å². The van der Waals surface area contributed by atoms with Gasteiger partial charge in [-0.05, 0) is 37.4 Å². The minimum atomic E-state index is -0.694. The number of carbonyl (C=O) groups is 2. The van der Waals surface area contributed by atoms with E-state index in [0.29, 0.717) is 11.6 Å². The molecule has 6 heteroatoms. The highest BCUT2D eigenvalue weighted by Gasteiger charge is 2.54. The summed E-state index contributed by atoms with van der Waals surface area (Å²) in [6, 6.07) is 7.34. The van der Waals surface area contributed by atoms with Gasteiger partial charge in [-0.1, -0.05) is 49.6 Å². The predicted octanol–water partition coefficient (Wildman–Crippen LogP) is 3.23. The van der Waals surface area contributed by atoms with Gasteiger partial charge in [0.25, 0.3) is 5.91 Å². The first-order valence-corrected chi connectivity index (χ1v) is 8.88. The zero-order chi connectivity index (χ0) is 17.3. The van der Waals surface area contributed by atoms with Crippen LogP contribution in [0.1, 0.15) is 38.2 Å². The zero-order valence-electron chi connectivity index (χ0n) is 14.2. The van der Waals surface area contributed by atoms with Crippen LogP contribution in [-0.4, -0.2) is 41.0 Å².